The van der Waals surface area contributed by atoms with Crippen LogP contribution in [0.15, 0.2) is 53.1 Å². The third-order valence-electron chi connectivity index (χ3n) is 5.77. The highest BCUT2D eigenvalue weighted by Crippen LogP contribution is 2.37. The first-order chi connectivity index (χ1) is 15.4. The molecule has 3 aromatic rings. The minimum Gasteiger partial charge on any atom is -0.490 e. The normalized spacial score (nSPS) is 20.2. The lowest BCUT2D eigenvalue weighted by molar-refractivity contribution is -0.131. The van der Waals surface area contributed by atoms with Gasteiger partial charge in [-0.05, 0) is 43.7 Å². The molecule has 1 fully saturated rings. The highest BCUT2D eigenvalue weighted by atomic mass is 16.5. The number of carbonyl (C=O) groups is 2. The van der Waals surface area contributed by atoms with Crippen LogP contribution in [0.2, 0.25) is 0 Å². The summed E-state index contributed by atoms with van der Waals surface area (Å²) in [6.07, 6.45) is 2.26. The van der Waals surface area contributed by atoms with Crippen LogP contribution in [-0.4, -0.2) is 35.0 Å². The highest BCUT2D eigenvalue weighted by Gasteiger charge is 2.49. The molecule has 0 spiro atoms. The Hall–Kier alpha value is -3.81. The van der Waals surface area contributed by atoms with Crippen LogP contribution in [0, 0.1) is 6.92 Å². The van der Waals surface area contributed by atoms with E-state index < -0.39 is 11.6 Å². The zero-order chi connectivity index (χ0) is 22.3. The summed E-state index contributed by atoms with van der Waals surface area (Å²) in [5.74, 6) is 1.28. The molecule has 1 atom stereocenters. The topological polar surface area (TPSA) is 93.9 Å². The number of nitrogens with one attached hydrogen (secondary N) is 1. The minimum atomic E-state index is -1.22. The van der Waals surface area contributed by atoms with Gasteiger partial charge in [0.05, 0.1) is 25.5 Å². The molecule has 8 heteroatoms. The van der Waals surface area contributed by atoms with Crippen LogP contribution in [-0.2, 0) is 16.9 Å². The quantitative estimate of drug-likeness (QED) is 0.630. The van der Waals surface area contributed by atoms with Gasteiger partial charge in [0.25, 0.3) is 5.91 Å². The Morgan fingerprint density at radius 1 is 1.06 bits per heavy atom. The minimum absolute atomic E-state index is 0.0141. The van der Waals surface area contributed by atoms with Crippen molar-refractivity contribution in [2.45, 2.75) is 32.4 Å². The Balaban J connectivity index is 1.37. The number of hydrogen-bond donors (Lipinski definition) is 1. The van der Waals surface area contributed by atoms with Gasteiger partial charge in [0.15, 0.2) is 11.5 Å². The van der Waals surface area contributed by atoms with E-state index in [9.17, 15) is 9.59 Å². The van der Waals surface area contributed by atoms with Crippen molar-refractivity contribution in [2.24, 2.45) is 0 Å². The number of nitrogens with zero attached hydrogens (tertiary/aromatic N) is 2. The fourth-order valence-corrected chi connectivity index (χ4v) is 3.88. The summed E-state index contributed by atoms with van der Waals surface area (Å²) in [7, 11) is 0. The molecule has 0 aliphatic carbocycles. The molecule has 2 aliphatic rings. The van der Waals surface area contributed by atoms with Crippen molar-refractivity contribution in [1.29, 1.82) is 0 Å². The summed E-state index contributed by atoms with van der Waals surface area (Å²) in [6.45, 7) is 4.82. The molecule has 1 aromatic heterocycles. The van der Waals surface area contributed by atoms with E-state index in [1.807, 2.05) is 31.2 Å². The maximum atomic E-state index is 13.3. The van der Waals surface area contributed by atoms with Gasteiger partial charge in [-0.3, -0.25) is 9.69 Å². The predicted molar refractivity (Wildman–Crippen MR) is 115 cm³/mol. The Morgan fingerprint density at radius 3 is 2.59 bits per heavy atom. The average molecular weight is 433 g/mol. The van der Waals surface area contributed by atoms with E-state index in [1.165, 1.54) is 6.26 Å². The van der Waals surface area contributed by atoms with Crippen LogP contribution in [0.4, 0.5) is 4.79 Å². The standard InChI is InChI=1S/C24H23N3O5/c1-15-4-6-16(7-5-15)21-25-18(14-32-21)13-27-22(28)24(2,26-23(27)29)17-8-9-19-20(12-17)31-11-3-10-30-19/h4-9,12,14H,3,10-11,13H2,1-2H3,(H,26,29). The third kappa shape index (κ3) is 3.47. The fraction of sp³-hybridized carbons (Fsp3) is 0.292. The van der Waals surface area contributed by atoms with Crippen LogP contribution in [0.3, 0.4) is 0 Å². The first-order valence-corrected chi connectivity index (χ1v) is 10.5. The van der Waals surface area contributed by atoms with Crippen LogP contribution in [0.1, 0.15) is 30.2 Å². The summed E-state index contributed by atoms with van der Waals surface area (Å²) < 4.78 is 17.0. The average Bonchev–Trinajstić information content (AvgIpc) is 3.23. The van der Waals surface area contributed by atoms with Crippen molar-refractivity contribution in [3.05, 3.63) is 65.5 Å². The Kier molecular flexibility index (Phi) is 4.84. The molecule has 3 heterocycles. The lowest BCUT2D eigenvalue weighted by atomic mass is 9.91. The monoisotopic (exact) mass is 433 g/mol. The number of aryl methyl sites for hydroxylation is 1. The van der Waals surface area contributed by atoms with E-state index in [0.717, 1.165) is 22.4 Å². The van der Waals surface area contributed by atoms with Crippen molar-refractivity contribution in [1.82, 2.24) is 15.2 Å². The van der Waals surface area contributed by atoms with Crippen LogP contribution >= 0.6 is 0 Å². The lowest BCUT2D eigenvalue weighted by Gasteiger charge is -2.23. The summed E-state index contributed by atoms with van der Waals surface area (Å²) in [5.41, 5.74) is 1.87. The second-order valence-corrected chi connectivity index (χ2v) is 8.17. The van der Waals surface area contributed by atoms with Crippen LogP contribution in [0.5, 0.6) is 11.5 Å². The molecular weight excluding hydrogens is 410 g/mol. The summed E-state index contributed by atoms with van der Waals surface area (Å²) in [4.78, 5) is 31.6. The van der Waals surface area contributed by atoms with E-state index in [1.54, 1.807) is 25.1 Å². The number of benzene rings is 2. The SMILES string of the molecule is Cc1ccc(-c2nc(CN3C(=O)NC(C)(c4ccc5c(c4)OCCCO5)C3=O)co2)cc1. The maximum Gasteiger partial charge on any atom is 0.325 e. The summed E-state index contributed by atoms with van der Waals surface area (Å²) in [6, 6.07) is 12.6. The first-order valence-electron chi connectivity index (χ1n) is 10.5. The summed E-state index contributed by atoms with van der Waals surface area (Å²) >= 11 is 0. The fourth-order valence-electron chi connectivity index (χ4n) is 3.88. The Bertz CT molecular complexity index is 1190. The molecule has 0 radical (unpaired) electrons. The van der Waals surface area contributed by atoms with Gasteiger partial charge in [-0.1, -0.05) is 23.8 Å². The number of fused-ring (bicyclic) bond motifs is 1. The molecule has 3 amide bonds. The number of ether oxygens (including phenoxy) is 2. The summed E-state index contributed by atoms with van der Waals surface area (Å²) in [5, 5.41) is 2.82. The number of urea groups is 1. The number of aromatic nitrogens is 1. The molecule has 1 N–H and O–H groups in total. The predicted octanol–water partition coefficient (Wildman–Crippen LogP) is 3.78. The number of amides is 3. The molecule has 5 rings (SSSR count). The molecule has 0 bridgehead atoms. The lowest BCUT2D eigenvalue weighted by Crippen LogP contribution is -2.40. The van der Waals surface area contributed by atoms with Gasteiger partial charge in [-0.15, -0.1) is 0 Å². The molecular formula is C24H23N3O5. The van der Waals surface area contributed by atoms with Crippen molar-refractivity contribution < 1.29 is 23.5 Å². The molecule has 1 saturated heterocycles. The van der Waals surface area contributed by atoms with Gasteiger partial charge in [-0.2, -0.15) is 0 Å². The van der Waals surface area contributed by atoms with E-state index in [0.29, 0.717) is 41.9 Å². The zero-order valence-corrected chi connectivity index (χ0v) is 17.9. The molecule has 0 saturated carbocycles. The van der Waals surface area contributed by atoms with Gasteiger partial charge >= 0.3 is 6.03 Å². The van der Waals surface area contributed by atoms with E-state index in [2.05, 4.69) is 10.3 Å². The molecule has 164 valence electrons. The van der Waals surface area contributed by atoms with E-state index in [-0.39, 0.29) is 12.5 Å². The van der Waals surface area contributed by atoms with E-state index in [4.69, 9.17) is 13.9 Å². The highest BCUT2D eigenvalue weighted by molar-refractivity contribution is 6.07. The zero-order valence-electron chi connectivity index (χ0n) is 17.9. The van der Waals surface area contributed by atoms with Gasteiger partial charge in [0, 0.05) is 12.0 Å². The van der Waals surface area contributed by atoms with Gasteiger partial charge in [-0.25, -0.2) is 9.78 Å². The van der Waals surface area contributed by atoms with Gasteiger partial charge < -0.3 is 19.2 Å². The van der Waals surface area contributed by atoms with Gasteiger partial charge in [0.1, 0.15) is 11.8 Å². The number of imide groups is 1. The smallest absolute Gasteiger partial charge is 0.325 e. The third-order valence-corrected chi connectivity index (χ3v) is 5.77. The van der Waals surface area contributed by atoms with Crippen molar-refractivity contribution in [3.8, 4) is 23.0 Å². The molecule has 8 nitrogen and oxygen atoms in total. The molecule has 32 heavy (non-hydrogen) atoms. The van der Waals surface area contributed by atoms with Crippen molar-refractivity contribution in [3.63, 3.8) is 0 Å². The molecule has 2 aliphatic heterocycles. The van der Waals surface area contributed by atoms with Crippen LogP contribution < -0.4 is 14.8 Å². The maximum absolute atomic E-state index is 13.3. The Morgan fingerprint density at radius 2 is 1.81 bits per heavy atom. The van der Waals surface area contributed by atoms with Crippen LogP contribution in [0.25, 0.3) is 11.5 Å². The van der Waals surface area contributed by atoms with Gasteiger partial charge in [0.2, 0.25) is 5.89 Å². The number of oxazole rings is 1. The van der Waals surface area contributed by atoms with Crippen molar-refractivity contribution >= 4 is 11.9 Å². The van der Waals surface area contributed by atoms with E-state index >= 15 is 0 Å². The largest absolute Gasteiger partial charge is 0.490 e. The first kappa shape index (κ1) is 20.1. The second-order valence-electron chi connectivity index (χ2n) is 8.17. The number of carbonyl (C=O) groups excluding carboxylic acids is 2. The molecule has 1 unspecified atom stereocenters. The van der Waals surface area contributed by atoms with Crippen molar-refractivity contribution in [2.75, 3.05) is 13.2 Å². The second kappa shape index (κ2) is 7.71. The molecule has 2 aromatic carbocycles. The Labute approximate surface area is 185 Å². The number of rotatable bonds is 4. The number of hydrogen-bond acceptors (Lipinski definition) is 6.